The second-order valence-corrected chi connectivity index (χ2v) is 6.24. The van der Waals surface area contributed by atoms with Gasteiger partial charge in [-0.25, -0.2) is 0 Å². The van der Waals surface area contributed by atoms with Gasteiger partial charge in [-0.1, -0.05) is 17.6 Å². The van der Waals surface area contributed by atoms with Gasteiger partial charge in [0.15, 0.2) is 0 Å². The molecule has 0 N–H and O–H groups in total. The maximum atomic E-state index is 11.6. The van der Waals surface area contributed by atoms with Crippen LogP contribution in [0.3, 0.4) is 0 Å². The number of rotatable bonds is 0. The van der Waals surface area contributed by atoms with Gasteiger partial charge in [-0.3, -0.25) is 9.59 Å². The summed E-state index contributed by atoms with van der Waals surface area (Å²) in [6, 6.07) is 3.72. The summed E-state index contributed by atoms with van der Waals surface area (Å²) in [6.45, 7) is 9.54. The number of hydrogen-bond acceptors (Lipinski definition) is 3. The molecule has 1 aliphatic rings. The predicted octanol–water partition coefficient (Wildman–Crippen LogP) is 1.72. The van der Waals surface area contributed by atoms with Crippen molar-refractivity contribution in [1.29, 1.82) is 0 Å². The zero-order valence-electron chi connectivity index (χ0n) is 13.6. The Morgan fingerprint density at radius 3 is 2.33 bits per heavy atom. The molecule has 0 bridgehead atoms. The Balaban J connectivity index is 0.000000240. The maximum Gasteiger partial charge on any atom is 0.303 e. The Kier molecular flexibility index (Phi) is 5.21. The molecule has 21 heavy (non-hydrogen) atoms. The van der Waals surface area contributed by atoms with Crippen LogP contribution in [-0.4, -0.2) is 37.3 Å². The summed E-state index contributed by atoms with van der Waals surface area (Å²) in [5.74, 6) is -0.120. The molecular weight excluding hydrogens is 265 g/mol. The van der Waals surface area contributed by atoms with E-state index in [1.807, 2.05) is 39.8 Å². The van der Waals surface area contributed by atoms with E-state index in [1.54, 1.807) is 11.9 Å². The molecular formula is C16H22BNO3. The van der Waals surface area contributed by atoms with Gasteiger partial charge in [0.25, 0.3) is 5.91 Å². The average molecular weight is 287 g/mol. The van der Waals surface area contributed by atoms with Crippen molar-refractivity contribution in [3.63, 3.8) is 0 Å². The molecule has 4 nitrogen and oxygen atoms in total. The Morgan fingerprint density at radius 2 is 1.90 bits per heavy atom. The van der Waals surface area contributed by atoms with E-state index in [4.69, 9.17) is 12.6 Å². The lowest BCUT2D eigenvalue weighted by Crippen LogP contribution is -2.21. The van der Waals surface area contributed by atoms with E-state index < -0.39 is 0 Å². The maximum absolute atomic E-state index is 11.6. The largest absolute Gasteiger partial charge is 0.460 e. The van der Waals surface area contributed by atoms with Gasteiger partial charge in [-0.2, -0.15) is 0 Å². The van der Waals surface area contributed by atoms with E-state index in [9.17, 15) is 9.59 Å². The number of aryl methyl sites for hydroxylation is 1. The minimum atomic E-state index is -0.328. The first-order valence-electron chi connectivity index (χ1n) is 6.85. The van der Waals surface area contributed by atoms with Gasteiger partial charge in [0, 0.05) is 26.1 Å². The number of nitrogens with zero attached hydrogens (tertiary/aromatic N) is 1. The number of carbonyl (C=O) groups is 2. The number of benzene rings is 1. The highest BCUT2D eigenvalue weighted by Crippen LogP contribution is 2.22. The van der Waals surface area contributed by atoms with Gasteiger partial charge in [0.1, 0.15) is 13.4 Å². The van der Waals surface area contributed by atoms with Crippen molar-refractivity contribution in [1.82, 2.24) is 4.90 Å². The molecule has 5 heteroatoms. The first-order valence-corrected chi connectivity index (χ1v) is 6.85. The fourth-order valence-corrected chi connectivity index (χ4v) is 2.27. The molecule has 0 atom stereocenters. The molecule has 0 spiro atoms. The Morgan fingerprint density at radius 1 is 1.33 bits per heavy atom. The molecule has 1 amide bonds. The molecule has 0 aromatic heterocycles. The summed E-state index contributed by atoms with van der Waals surface area (Å²) in [5, 5.41) is 0. The van der Waals surface area contributed by atoms with Crippen LogP contribution in [0.25, 0.3) is 0 Å². The van der Waals surface area contributed by atoms with Crippen molar-refractivity contribution >= 4 is 25.2 Å². The molecule has 0 saturated carbocycles. The molecule has 1 heterocycles. The lowest BCUT2D eigenvalue weighted by atomic mass is 9.90. The minimum absolute atomic E-state index is 0.104. The lowest BCUT2D eigenvalue weighted by molar-refractivity contribution is -0.151. The molecule has 1 aromatic rings. The third-order valence-electron chi connectivity index (χ3n) is 2.86. The van der Waals surface area contributed by atoms with Gasteiger partial charge in [0.05, 0.1) is 0 Å². The van der Waals surface area contributed by atoms with E-state index in [-0.39, 0.29) is 17.5 Å². The van der Waals surface area contributed by atoms with Crippen LogP contribution in [-0.2, 0) is 16.1 Å². The zero-order valence-corrected chi connectivity index (χ0v) is 13.6. The molecule has 0 aliphatic carbocycles. The van der Waals surface area contributed by atoms with Crippen LogP contribution in [0.4, 0.5) is 0 Å². The Labute approximate surface area is 127 Å². The fraction of sp³-hybridized carbons (Fsp3) is 0.500. The van der Waals surface area contributed by atoms with Gasteiger partial charge < -0.3 is 9.64 Å². The van der Waals surface area contributed by atoms with E-state index in [1.165, 1.54) is 6.92 Å². The predicted molar refractivity (Wildman–Crippen MR) is 83.9 cm³/mol. The van der Waals surface area contributed by atoms with Crippen LogP contribution in [0.2, 0.25) is 0 Å². The first kappa shape index (κ1) is 17.3. The van der Waals surface area contributed by atoms with E-state index in [0.717, 1.165) is 22.2 Å². The summed E-state index contributed by atoms with van der Waals surface area (Å²) in [7, 11) is 7.50. The van der Waals surface area contributed by atoms with Crippen LogP contribution in [0, 0.1) is 6.92 Å². The number of esters is 1. The van der Waals surface area contributed by atoms with Crippen LogP contribution in [0.5, 0.6) is 0 Å². The summed E-state index contributed by atoms with van der Waals surface area (Å²) in [5.41, 5.74) is 3.26. The van der Waals surface area contributed by atoms with Crippen molar-refractivity contribution in [2.45, 2.75) is 46.8 Å². The number of ether oxygens (including phenoxy) is 1. The van der Waals surface area contributed by atoms with Crippen molar-refractivity contribution in [3.8, 4) is 0 Å². The monoisotopic (exact) mass is 287 g/mol. The zero-order chi connectivity index (χ0) is 16.4. The number of fused-ring (bicyclic) bond motifs is 1. The van der Waals surface area contributed by atoms with Crippen molar-refractivity contribution in [2.24, 2.45) is 0 Å². The van der Waals surface area contributed by atoms with Crippen LogP contribution < -0.4 is 5.46 Å². The number of hydrogen-bond donors (Lipinski definition) is 0. The van der Waals surface area contributed by atoms with Gasteiger partial charge in [-0.05, 0) is 38.8 Å². The van der Waals surface area contributed by atoms with Crippen LogP contribution >= 0.6 is 0 Å². The minimum Gasteiger partial charge on any atom is -0.460 e. The molecule has 2 radical (unpaired) electrons. The van der Waals surface area contributed by atoms with Gasteiger partial charge >= 0.3 is 5.97 Å². The highest BCUT2D eigenvalue weighted by molar-refractivity contribution is 6.32. The van der Waals surface area contributed by atoms with Gasteiger partial charge in [0.2, 0.25) is 0 Å². The second-order valence-electron chi connectivity index (χ2n) is 6.24. The first-order chi connectivity index (χ1) is 9.51. The van der Waals surface area contributed by atoms with Crippen molar-refractivity contribution < 1.29 is 14.3 Å². The average Bonchev–Trinajstić information content (AvgIpc) is 2.51. The lowest BCUT2D eigenvalue weighted by Gasteiger charge is -2.17. The quantitative estimate of drug-likeness (QED) is 0.539. The van der Waals surface area contributed by atoms with Crippen molar-refractivity contribution in [3.05, 3.63) is 28.8 Å². The van der Waals surface area contributed by atoms with E-state index in [0.29, 0.717) is 6.54 Å². The molecule has 0 unspecified atom stereocenters. The van der Waals surface area contributed by atoms with E-state index in [2.05, 4.69) is 0 Å². The standard InChI is InChI=1S/C10H10BNO.C6H12O2/c1-6-3-8(11)4-7-5-12(2)10(13)9(6)7;1-5(7)8-6(2,3)4/h3-4H,5H2,1-2H3;1-4H3. The summed E-state index contributed by atoms with van der Waals surface area (Å²) < 4.78 is 4.80. The summed E-state index contributed by atoms with van der Waals surface area (Å²) in [4.78, 5) is 23.6. The molecule has 0 fully saturated rings. The molecule has 2 rings (SSSR count). The number of amides is 1. The topological polar surface area (TPSA) is 46.6 Å². The van der Waals surface area contributed by atoms with Crippen molar-refractivity contribution in [2.75, 3.05) is 7.05 Å². The Bertz CT molecular complexity index is 561. The third-order valence-corrected chi connectivity index (χ3v) is 2.86. The SMILES string of the molecule is CC(=O)OC(C)(C)C.[B]c1cc(C)c2c(c1)CN(C)C2=O. The summed E-state index contributed by atoms with van der Waals surface area (Å²) in [6.07, 6.45) is 0. The normalized spacial score (nSPS) is 13.4. The van der Waals surface area contributed by atoms with E-state index >= 15 is 0 Å². The third kappa shape index (κ3) is 4.92. The number of carbonyl (C=O) groups excluding carboxylic acids is 2. The molecule has 1 aliphatic heterocycles. The van der Waals surface area contributed by atoms with Crippen LogP contribution in [0.15, 0.2) is 12.1 Å². The Hall–Kier alpha value is -1.78. The van der Waals surface area contributed by atoms with Gasteiger partial charge in [-0.15, -0.1) is 0 Å². The fourth-order valence-electron chi connectivity index (χ4n) is 2.27. The second kappa shape index (κ2) is 6.33. The van der Waals surface area contributed by atoms with Crippen LogP contribution in [0.1, 0.15) is 49.2 Å². The smallest absolute Gasteiger partial charge is 0.303 e. The molecule has 112 valence electrons. The summed E-state index contributed by atoms with van der Waals surface area (Å²) >= 11 is 0. The molecule has 0 saturated heterocycles. The highest BCUT2D eigenvalue weighted by Gasteiger charge is 2.25. The molecule has 1 aromatic carbocycles. The highest BCUT2D eigenvalue weighted by atomic mass is 16.6.